The number of ether oxygens (including phenoxy) is 15. The lowest BCUT2D eigenvalue weighted by Gasteiger charge is -2.65. The molecule has 28 heteroatoms. The van der Waals surface area contributed by atoms with Crippen LogP contribution in [0.25, 0.3) is 0 Å². The van der Waals surface area contributed by atoms with Crippen molar-refractivity contribution < 1.29 is 137 Å². The highest BCUT2D eigenvalue weighted by molar-refractivity contribution is 5.86. The van der Waals surface area contributed by atoms with E-state index in [-0.39, 0.29) is 128 Å². The lowest BCUT2D eigenvalue weighted by molar-refractivity contribution is -0.336. The molecule has 111 heavy (non-hydrogen) atoms. The van der Waals surface area contributed by atoms with Crippen LogP contribution in [0.5, 0.6) is 0 Å². The molecule has 0 bridgehead atoms. The molecule has 6 saturated heterocycles. The van der Waals surface area contributed by atoms with Gasteiger partial charge in [-0.25, -0.2) is 9.59 Å². The third-order valence-electron chi connectivity index (χ3n) is 32.1. The summed E-state index contributed by atoms with van der Waals surface area (Å²) in [4.78, 5) is 23.9. The van der Waals surface area contributed by atoms with Crippen molar-refractivity contribution in [2.24, 2.45) is 69.0 Å². The third-order valence-corrected chi connectivity index (χ3v) is 32.1. The van der Waals surface area contributed by atoms with Crippen LogP contribution in [0.4, 0.5) is 0 Å². The van der Waals surface area contributed by atoms with Gasteiger partial charge < -0.3 is 127 Å². The quantitative estimate of drug-likeness (QED) is 0.0751. The summed E-state index contributed by atoms with van der Waals surface area (Å²) in [6.07, 6.45) is -1.53. The van der Waals surface area contributed by atoms with Gasteiger partial charge in [-0.05, 0) is 214 Å². The number of aliphatic hydroxyl groups is 11. The van der Waals surface area contributed by atoms with E-state index in [1.807, 2.05) is 34.6 Å². The van der Waals surface area contributed by atoms with E-state index in [2.05, 4.69) is 13.8 Å². The normalized spacial score (nSPS) is 55.2. The summed E-state index contributed by atoms with van der Waals surface area (Å²) in [7, 11) is 1.53. The second-order valence-corrected chi connectivity index (χ2v) is 37.8. The minimum atomic E-state index is -1.01. The number of esters is 2. The van der Waals surface area contributed by atoms with Gasteiger partial charge in [0.05, 0.1) is 109 Å². The summed E-state index contributed by atoms with van der Waals surface area (Å²) in [5.41, 5.74) is -1.77. The Balaban J connectivity index is 0.000000176. The Hall–Kier alpha value is -2.54. The maximum atomic E-state index is 12.6. The summed E-state index contributed by atoms with van der Waals surface area (Å²) in [5.74, 6) is 0.428. The van der Waals surface area contributed by atoms with Crippen molar-refractivity contribution in [2.45, 2.75) is 394 Å². The number of aliphatic hydroxyl groups excluding tert-OH is 9. The van der Waals surface area contributed by atoms with E-state index in [0.29, 0.717) is 37.5 Å². The van der Waals surface area contributed by atoms with Crippen LogP contribution >= 0.6 is 0 Å². The molecule has 0 aromatic carbocycles. The topological polar surface area (TPSA) is 395 Å². The molecule has 8 saturated carbocycles. The molecule has 42 atom stereocenters. The first-order valence-electron chi connectivity index (χ1n) is 42.3. The average Bonchev–Trinajstić information content (AvgIpc) is 1.61. The monoisotopic (exact) mass is 1570 g/mol. The first-order chi connectivity index (χ1) is 52.6. The molecule has 0 aromatic rings. The molecule has 0 radical (unpaired) electrons. The fourth-order valence-corrected chi connectivity index (χ4v) is 25.9. The van der Waals surface area contributed by atoms with Gasteiger partial charge in [0.25, 0.3) is 0 Å². The zero-order valence-corrected chi connectivity index (χ0v) is 66.8. The van der Waals surface area contributed by atoms with Crippen LogP contribution < -0.4 is 0 Å². The Labute approximate surface area is 652 Å². The number of carbonyl (C=O) groups excluding carboxylic acids is 2. The molecule has 0 unspecified atom stereocenters. The highest BCUT2D eigenvalue weighted by Crippen LogP contribution is 2.72. The summed E-state index contributed by atoms with van der Waals surface area (Å²) in [6, 6.07) is 0. The lowest BCUT2D eigenvalue weighted by Crippen LogP contribution is -2.67. The molecule has 0 spiro atoms. The standard InChI is InChI=1S/C42H66O14.C41H64O14/c1-20-37(49-6)29(43)16-35(51-20)55-39-22(3)53-36(18-31(39)45)56-38-21(2)52-34(17-30(38)44)54-25-9-11-40(4)24(14-25)7-8-27-28(40)15-32(46)41(5)26(10-12-42(27,41)48)23-13-33(47)50-19-23;1-19-36(47)28(42)15-34(50-19)54-38-21(3)52-35(17-30(38)44)55-37-20(2)51-33(16-29(37)43)53-24-8-10-39(4)23(13-24)6-7-26-27(39)14-31(45)40(5)25(9-11-41(26,40)48)22-12-32(46)49-18-22/h13,20-22,24-32,34-39,43-46,48H,7-12,14-19H2,1-6H3;12,19-21,23-31,33-38,42-45,47-48H,6-11,13-18H2,1-5H3/t20-,21-,22-,24-,25+,26-,27-,28+,29+,30+,31+,32-,34+,35+,36+,37-,38-,39-,40+,41+,42+;19-,20-,21-,23-,24+,25-,26-,27+,28+,29+,30+,31-,33+,34+,35+,36-,37-,38-,39+,40+,41+/m11/s1. The average molecular weight is 1580 g/mol. The third kappa shape index (κ3) is 15.1. The number of rotatable bonds is 15. The van der Waals surface area contributed by atoms with Gasteiger partial charge in [-0.3, -0.25) is 0 Å². The van der Waals surface area contributed by atoms with Crippen LogP contribution in [0.15, 0.2) is 23.3 Å². The first-order valence-corrected chi connectivity index (χ1v) is 42.3. The van der Waals surface area contributed by atoms with E-state index < -0.39 is 176 Å². The van der Waals surface area contributed by atoms with Gasteiger partial charge >= 0.3 is 11.9 Å². The second-order valence-electron chi connectivity index (χ2n) is 37.8. The van der Waals surface area contributed by atoms with Crippen molar-refractivity contribution in [1.29, 1.82) is 0 Å². The molecular weight excluding hydrogens is 1440 g/mol. The number of hydrogen-bond donors (Lipinski definition) is 11. The van der Waals surface area contributed by atoms with E-state index in [9.17, 15) is 65.8 Å². The minimum Gasteiger partial charge on any atom is -0.458 e. The first kappa shape index (κ1) is 83.5. The molecule has 0 amide bonds. The summed E-state index contributed by atoms with van der Waals surface area (Å²) >= 11 is 0. The summed E-state index contributed by atoms with van der Waals surface area (Å²) in [5, 5.41) is 124. The molecular formula is C83H130O28. The van der Waals surface area contributed by atoms with Crippen LogP contribution in [0.2, 0.25) is 0 Å². The molecule has 8 aliphatic carbocycles. The van der Waals surface area contributed by atoms with Crippen molar-refractivity contribution in [1.82, 2.24) is 0 Å². The summed E-state index contributed by atoms with van der Waals surface area (Å²) < 4.78 is 89.9. The number of methoxy groups -OCH3 is 1. The van der Waals surface area contributed by atoms with Gasteiger partial charge in [-0.15, -0.1) is 0 Å². The Morgan fingerprint density at radius 3 is 0.982 bits per heavy atom. The zero-order valence-electron chi connectivity index (χ0n) is 66.8. The molecule has 28 nitrogen and oxygen atoms in total. The molecule has 11 N–H and O–H groups in total. The number of fused-ring (bicyclic) bond motifs is 10. The molecule has 8 heterocycles. The van der Waals surface area contributed by atoms with E-state index in [1.165, 1.54) is 7.11 Å². The second kappa shape index (κ2) is 32.2. The highest BCUT2D eigenvalue weighted by atomic mass is 16.8. The number of hydrogen-bond acceptors (Lipinski definition) is 28. The van der Waals surface area contributed by atoms with Crippen molar-refractivity contribution in [3.8, 4) is 0 Å². The van der Waals surface area contributed by atoms with Crippen molar-refractivity contribution in [3.05, 3.63) is 23.3 Å². The predicted molar refractivity (Wildman–Crippen MR) is 390 cm³/mol. The Morgan fingerprint density at radius 2 is 0.676 bits per heavy atom. The van der Waals surface area contributed by atoms with Gasteiger partial charge in [-0.1, -0.05) is 27.7 Å². The molecule has 14 fully saturated rings. The fraction of sp³-hybridized carbons (Fsp3) is 0.928. The zero-order chi connectivity index (χ0) is 79.1. The van der Waals surface area contributed by atoms with Gasteiger partial charge in [0.1, 0.15) is 49.8 Å². The minimum absolute atomic E-state index is 0.0386. The van der Waals surface area contributed by atoms with Crippen LogP contribution in [-0.2, 0) is 80.6 Å². The van der Waals surface area contributed by atoms with E-state index >= 15 is 0 Å². The van der Waals surface area contributed by atoms with Gasteiger partial charge in [0.15, 0.2) is 37.7 Å². The molecule has 16 rings (SSSR count). The van der Waals surface area contributed by atoms with E-state index in [4.69, 9.17) is 71.1 Å². The number of cyclic esters (lactones) is 2. The smallest absolute Gasteiger partial charge is 0.331 e. The van der Waals surface area contributed by atoms with Crippen molar-refractivity contribution in [3.63, 3.8) is 0 Å². The Kier molecular flexibility index (Phi) is 24.2. The van der Waals surface area contributed by atoms with Crippen molar-refractivity contribution in [2.75, 3.05) is 20.3 Å². The van der Waals surface area contributed by atoms with Crippen LogP contribution in [-0.4, -0.2) is 272 Å². The van der Waals surface area contributed by atoms with Crippen LogP contribution in [0.3, 0.4) is 0 Å². The lowest BCUT2D eigenvalue weighted by atomic mass is 9.42. The molecule has 630 valence electrons. The van der Waals surface area contributed by atoms with Crippen LogP contribution in [0.1, 0.15) is 210 Å². The van der Waals surface area contributed by atoms with Crippen LogP contribution in [0, 0.1) is 69.0 Å². The maximum Gasteiger partial charge on any atom is 0.331 e. The van der Waals surface area contributed by atoms with E-state index in [1.54, 1.807) is 32.9 Å². The Bertz CT molecular complexity index is 3260. The number of carbonyl (C=O) groups is 2. The molecule has 8 aliphatic heterocycles. The van der Waals surface area contributed by atoms with Gasteiger partial charge in [-0.2, -0.15) is 0 Å². The highest BCUT2D eigenvalue weighted by Gasteiger charge is 2.73. The predicted octanol–water partition coefficient (Wildman–Crippen LogP) is 5.09. The molecule has 16 aliphatic rings. The largest absolute Gasteiger partial charge is 0.458 e. The Morgan fingerprint density at radius 1 is 0.360 bits per heavy atom. The fourth-order valence-electron chi connectivity index (χ4n) is 25.9. The SMILES string of the molecule is CO[C@H]1[C@@H](O)C[C@H](O[C@H]2[C@@H](O)C[C@H](O[C@H]3[C@@H](O)C[C@H](O[C@H]4CC[C@@]5(C)[C@H](CC[C@@H]6[C@@H]5C[C@@H](O)[C@]5(C)[C@@H](C7=CC(=O)OC7)CC[C@]65O)C4)O[C@@H]3C)O[C@@H]2C)O[C@@H]1C.C[C@H]1O[C@@H](O[C@H]2[C@@H](O)C[C@H](O[C@H]3[C@@H](O)C[C@H](O[C@H]4CC[C@@]5(C)[C@H](CC[C@@H]6[C@@H]5C[C@@H](O)[C@]5(C)[C@@H](C7=CC(=O)OC7)CC[C@]65O)C4)O[C@@H]3C)O[C@@H]2C)C[C@H](O)[C@@H]1O. The van der Waals surface area contributed by atoms with E-state index in [0.717, 1.165) is 88.2 Å². The summed E-state index contributed by atoms with van der Waals surface area (Å²) in [6.45, 7) is 20.0. The van der Waals surface area contributed by atoms with Crippen molar-refractivity contribution >= 4 is 11.9 Å². The van der Waals surface area contributed by atoms with Gasteiger partial charge in [0, 0.05) is 68.6 Å². The maximum absolute atomic E-state index is 12.6. The molecule has 0 aromatic heterocycles. The van der Waals surface area contributed by atoms with Gasteiger partial charge in [0.2, 0.25) is 0 Å².